The molecule has 0 aliphatic carbocycles. The summed E-state index contributed by atoms with van der Waals surface area (Å²) < 4.78 is 0. The van der Waals surface area contributed by atoms with Crippen LogP contribution in [0.15, 0.2) is 36.9 Å². The van der Waals surface area contributed by atoms with Gasteiger partial charge in [0.25, 0.3) is 5.91 Å². The molecule has 0 saturated carbocycles. The first-order valence-corrected chi connectivity index (χ1v) is 6.21. The van der Waals surface area contributed by atoms with Gasteiger partial charge in [-0.3, -0.25) is 14.4 Å². The third kappa shape index (κ3) is 5.45. The van der Waals surface area contributed by atoms with E-state index in [1.165, 1.54) is 24.3 Å². The van der Waals surface area contributed by atoms with Crippen molar-refractivity contribution in [3.05, 3.63) is 42.5 Å². The number of hydrogen-bond acceptors (Lipinski definition) is 4. The van der Waals surface area contributed by atoms with Crippen LogP contribution in [0.25, 0.3) is 0 Å². The SMILES string of the molecule is C=CCNC(=O)c1ccc(NC(=O)C(N)CC(=O)O)cc1. The van der Waals surface area contributed by atoms with E-state index in [4.69, 9.17) is 10.8 Å². The Morgan fingerprint density at radius 3 is 2.43 bits per heavy atom. The fourth-order valence-electron chi connectivity index (χ4n) is 1.49. The minimum Gasteiger partial charge on any atom is -0.481 e. The number of benzene rings is 1. The highest BCUT2D eigenvalue weighted by atomic mass is 16.4. The minimum atomic E-state index is -1.15. The van der Waals surface area contributed by atoms with Crippen LogP contribution in [0.2, 0.25) is 0 Å². The summed E-state index contributed by atoms with van der Waals surface area (Å²) in [5.41, 5.74) is 6.30. The number of rotatable bonds is 7. The maximum absolute atomic E-state index is 11.6. The molecular weight excluding hydrogens is 274 g/mol. The van der Waals surface area contributed by atoms with Crippen LogP contribution in [0.4, 0.5) is 5.69 Å². The van der Waals surface area contributed by atoms with Crippen LogP contribution >= 0.6 is 0 Å². The van der Waals surface area contributed by atoms with Gasteiger partial charge in [0.15, 0.2) is 0 Å². The Labute approximate surface area is 121 Å². The lowest BCUT2D eigenvalue weighted by atomic mass is 10.1. The van der Waals surface area contributed by atoms with Gasteiger partial charge in [0.05, 0.1) is 12.5 Å². The van der Waals surface area contributed by atoms with E-state index >= 15 is 0 Å². The molecule has 0 aliphatic heterocycles. The number of carboxylic acids is 1. The summed E-state index contributed by atoms with van der Waals surface area (Å²) in [6.45, 7) is 3.86. The Morgan fingerprint density at radius 1 is 1.29 bits per heavy atom. The van der Waals surface area contributed by atoms with Gasteiger partial charge in [-0.1, -0.05) is 6.08 Å². The van der Waals surface area contributed by atoms with Gasteiger partial charge in [-0.2, -0.15) is 0 Å². The van der Waals surface area contributed by atoms with E-state index in [0.29, 0.717) is 17.8 Å². The highest BCUT2D eigenvalue weighted by Gasteiger charge is 2.17. The summed E-state index contributed by atoms with van der Waals surface area (Å²) in [6, 6.07) is 5.02. The second-order valence-corrected chi connectivity index (χ2v) is 4.27. The molecule has 5 N–H and O–H groups in total. The Morgan fingerprint density at radius 2 is 1.90 bits per heavy atom. The molecule has 7 heteroatoms. The normalized spacial score (nSPS) is 11.3. The van der Waals surface area contributed by atoms with Crippen molar-refractivity contribution >= 4 is 23.5 Å². The van der Waals surface area contributed by atoms with Crippen LogP contribution < -0.4 is 16.4 Å². The third-order valence-corrected chi connectivity index (χ3v) is 2.55. The van der Waals surface area contributed by atoms with Crippen molar-refractivity contribution < 1.29 is 19.5 Å². The van der Waals surface area contributed by atoms with Gasteiger partial charge in [-0.15, -0.1) is 6.58 Å². The molecule has 2 amide bonds. The molecule has 21 heavy (non-hydrogen) atoms. The molecular formula is C14H17N3O4. The number of carbonyl (C=O) groups is 3. The van der Waals surface area contributed by atoms with Gasteiger partial charge in [0.1, 0.15) is 0 Å². The van der Waals surface area contributed by atoms with Crippen LogP contribution in [0.5, 0.6) is 0 Å². The third-order valence-electron chi connectivity index (χ3n) is 2.55. The molecule has 112 valence electrons. The Hall–Kier alpha value is -2.67. The number of nitrogens with two attached hydrogens (primary N) is 1. The summed E-state index contributed by atoms with van der Waals surface area (Å²) in [4.78, 5) is 33.7. The number of carboxylic acid groups (broad SMARTS) is 1. The number of anilines is 1. The molecule has 1 atom stereocenters. The van der Waals surface area contributed by atoms with E-state index in [9.17, 15) is 14.4 Å². The van der Waals surface area contributed by atoms with Crippen molar-refractivity contribution in [1.82, 2.24) is 5.32 Å². The zero-order chi connectivity index (χ0) is 15.8. The van der Waals surface area contributed by atoms with Crippen LogP contribution in [-0.2, 0) is 9.59 Å². The molecule has 0 bridgehead atoms. The number of carbonyl (C=O) groups excluding carboxylic acids is 2. The van der Waals surface area contributed by atoms with Gasteiger partial charge in [-0.25, -0.2) is 0 Å². The van der Waals surface area contributed by atoms with E-state index in [1.54, 1.807) is 6.08 Å². The van der Waals surface area contributed by atoms with Crippen molar-refractivity contribution in [2.45, 2.75) is 12.5 Å². The molecule has 1 aromatic rings. The molecule has 0 aromatic heterocycles. The van der Waals surface area contributed by atoms with Crippen LogP contribution in [0, 0.1) is 0 Å². The molecule has 0 radical (unpaired) electrons. The highest BCUT2D eigenvalue weighted by Crippen LogP contribution is 2.10. The lowest BCUT2D eigenvalue weighted by Crippen LogP contribution is -2.37. The number of amides is 2. The first kappa shape index (κ1) is 16.4. The van der Waals surface area contributed by atoms with E-state index in [0.717, 1.165) is 0 Å². The zero-order valence-corrected chi connectivity index (χ0v) is 11.3. The van der Waals surface area contributed by atoms with Crippen molar-refractivity contribution in [2.75, 3.05) is 11.9 Å². The van der Waals surface area contributed by atoms with Crippen molar-refractivity contribution in [1.29, 1.82) is 0 Å². The molecule has 0 spiro atoms. The maximum atomic E-state index is 11.6. The van der Waals surface area contributed by atoms with Crippen molar-refractivity contribution in [3.8, 4) is 0 Å². The van der Waals surface area contributed by atoms with Crippen LogP contribution in [0.3, 0.4) is 0 Å². The highest BCUT2D eigenvalue weighted by molar-refractivity contribution is 5.98. The first-order valence-electron chi connectivity index (χ1n) is 6.21. The van der Waals surface area contributed by atoms with Gasteiger partial charge in [0, 0.05) is 17.8 Å². The summed E-state index contributed by atoms with van der Waals surface area (Å²) in [5.74, 6) is -2.00. The van der Waals surface area contributed by atoms with E-state index in [1.807, 2.05) is 0 Å². The second kappa shape index (κ2) is 7.81. The maximum Gasteiger partial charge on any atom is 0.305 e. The Bertz CT molecular complexity index is 540. The summed E-state index contributed by atoms with van der Waals surface area (Å²) in [7, 11) is 0. The van der Waals surface area contributed by atoms with Gasteiger partial charge < -0.3 is 21.5 Å². The predicted molar refractivity (Wildman–Crippen MR) is 77.8 cm³/mol. The average Bonchev–Trinajstić information content (AvgIpc) is 2.44. The summed E-state index contributed by atoms with van der Waals surface area (Å²) >= 11 is 0. The largest absolute Gasteiger partial charge is 0.481 e. The topological polar surface area (TPSA) is 122 Å². The average molecular weight is 291 g/mol. The van der Waals surface area contributed by atoms with E-state index in [-0.39, 0.29) is 5.91 Å². The van der Waals surface area contributed by atoms with Crippen LogP contribution in [0.1, 0.15) is 16.8 Å². The molecule has 0 heterocycles. The van der Waals surface area contributed by atoms with Crippen LogP contribution in [-0.4, -0.2) is 35.5 Å². The predicted octanol–water partition coefficient (Wildman–Crippen LogP) is 0.343. The molecule has 1 unspecified atom stereocenters. The van der Waals surface area contributed by atoms with Gasteiger partial charge in [-0.05, 0) is 24.3 Å². The standard InChI is InChI=1S/C14H17N3O4/c1-2-7-16-13(20)9-3-5-10(6-4-9)17-14(21)11(15)8-12(18)19/h2-6,11H,1,7-8,15H2,(H,16,20)(H,17,21)(H,18,19). The zero-order valence-electron chi connectivity index (χ0n) is 11.3. The van der Waals surface area contributed by atoms with Crippen molar-refractivity contribution in [3.63, 3.8) is 0 Å². The lowest BCUT2D eigenvalue weighted by molar-refractivity contribution is -0.138. The van der Waals surface area contributed by atoms with E-state index < -0.39 is 24.3 Å². The van der Waals surface area contributed by atoms with E-state index in [2.05, 4.69) is 17.2 Å². The molecule has 1 aromatic carbocycles. The quantitative estimate of drug-likeness (QED) is 0.540. The van der Waals surface area contributed by atoms with Gasteiger partial charge >= 0.3 is 5.97 Å². The fraction of sp³-hybridized carbons (Fsp3) is 0.214. The smallest absolute Gasteiger partial charge is 0.305 e. The molecule has 0 fully saturated rings. The first-order chi connectivity index (χ1) is 9.93. The molecule has 0 saturated heterocycles. The Balaban J connectivity index is 2.62. The summed E-state index contributed by atoms with van der Waals surface area (Å²) in [6.07, 6.45) is 1.12. The second-order valence-electron chi connectivity index (χ2n) is 4.27. The number of nitrogens with one attached hydrogen (secondary N) is 2. The Kier molecular flexibility index (Phi) is 6.09. The molecule has 7 nitrogen and oxygen atoms in total. The fourth-order valence-corrected chi connectivity index (χ4v) is 1.49. The van der Waals surface area contributed by atoms with Gasteiger partial charge in [0.2, 0.25) is 5.91 Å². The number of aliphatic carboxylic acids is 1. The molecule has 1 rings (SSSR count). The minimum absolute atomic E-state index is 0.254. The lowest BCUT2D eigenvalue weighted by Gasteiger charge is -2.10. The van der Waals surface area contributed by atoms with Crippen molar-refractivity contribution in [2.24, 2.45) is 5.73 Å². The molecule has 0 aliphatic rings. The number of hydrogen-bond donors (Lipinski definition) is 4. The monoisotopic (exact) mass is 291 g/mol. The summed E-state index contributed by atoms with van der Waals surface area (Å²) in [5, 5.41) is 13.7.